The van der Waals surface area contributed by atoms with Gasteiger partial charge >= 0.3 is 5.97 Å². The van der Waals surface area contributed by atoms with Gasteiger partial charge in [-0.15, -0.1) is 0 Å². The average Bonchev–Trinajstić information content (AvgIpc) is 3.35. The number of aromatic nitrogens is 2. The first kappa shape index (κ1) is 17.5. The third-order valence-corrected chi connectivity index (χ3v) is 6.47. The molecule has 0 amide bonds. The topological polar surface area (TPSA) is 99.9 Å². The Morgan fingerprint density at radius 2 is 1.90 bits per heavy atom. The molecule has 0 saturated heterocycles. The van der Waals surface area contributed by atoms with Crippen molar-refractivity contribution in [3.63, 3.8) is 0 Å². The quantitative estimate of drug-likeness (QED) is 0.483. The monoisotopic (exact) mass is 406 g/mol. The molecule has 1 unspecified atom stereocenters. The van der Waals surface area contributed by atoms with Crippen molar-refractivity contribution < 1.29 is 24.1 Å². The standard InChI is InChI=1S/C22H18N2O6/c1-3-22(27)14-5-16-19-12(7-24(16)20(25)13(14)8-28-21(22)26)10(2)11-4-17-18(30-9-29-17)6-15(11)23-19/h4-6,27H,3,7-9H2,1-2H3. The summed E-state index contributed by atoms with van der Waals surface area (Å²) in [5, 5.41) is 11.9. The fourth-order valence-electron chi connectivity index (χ4n) is 4.67. The van der Waals surface area contributed by atoms with Gasteiger partial charge in [-0.05, 0) is 31.0 Å². The van der Waals surface area contributed by atoms with Gasteiger partial charge in [0.15, 0.2) is 17.1 Å². The number of aliphatic hydroxyl groups is 1. The van der Waals surface area contributed by atoms with E-state index >= 15 is 0 Å². The molecule has 0 fully saturated rings. The molecule has 6 rings (SSSR count). The Morgan fingerprint density at radius 1 is 1.13 bits per heavy atom. The van der Waals surface area contributed by atoms with Crippen LogP contribution in [0.2, 0.25) is 0 Å². The molecule has 0 aliphatic carbocycles. The highest BCUT2D eigenvalue weighted by Crippen LogP contribution is 2.42. The van der Waals surface area contributed by atoms with Crippen LogP contribution in [0.4, 0.5) is 0 Å². The second-order valence-electron chi connectivity index (χ2n) is 7.89. The Morgan fingerprint density at radius 3 is 2.67 bits per heavy atom. The zero-order valence-corrected chi connectivity index (χ0v) is 16.4. The smallest absolute Gasteiger partial charge is 0.343 e. The van der Waals surface area contributed by atoms with Crippen LogP contribution in [0.15, 0.2) is 23.0 Å². The lowest BCUT2D eigenvalue weighted by Gasteiger charge is -2.31. The number of ether oxygens (including phenoxy) is 3. The molecule has 3 aromatic rings. The molecular weight excluding hydrogens is 388 g/mol. The summed E-state index contributed by atoms with van der Waals surface area (Å²) in [6.07, 6.45) is 0.113. The van der Waals surface area contributed by atoms with Crippen molar-refractivity contribution in [2.45, 2.75) is 39.0 Å². The number of carbonyl (C=O) groups excluding carboxylic acids is 1. The van der Waals surface area contributed by atoms with Crippen LogP contribution < -0.4 is 15.0 Å². The maximum atomic E-state index is 13.2. The molecule has 8 heteroatoms. The van der Waals surface area contributed by atoms with Gasteiger partial charge in [-0.25, -0.2) is 9.78 Å². The third-order valence-electron chi connectivity index (χ3n) is 6.47. The van der Waals surface area contributed by atoms with Gasteiger partial charge in [0, 0.05) is 22.6 Å². The minimum atomic E-state index is -1.83. The fourth-order valence-corrected chi connectivity index (χ4v) is 4.67. The molecule has 1 atom stereocenters. The molecular formula is C22H18N2O6. The molecule has 1 N–H and O–H groups in total. The van der Waals surface area contributed by atoms with E-state index in [9.17, 15) is 14.7 Å². The van der Waals surface area contributed by atoms with E-state index in [2.05, 4.69) is 0 Å². The molecule has 0 spiro atoms. The van der Waals surface area contributed by atoms with Gasteiger partial charge in [0.25, 0.3) is 5.56 Å². The molecule has 0 saturated carbocycles. The minimum Gasteiger partial charge on any atom is -0.458 e. The number of esters is 1. The van der Waals surface area contributed by atoms with Crippen molar-refractivity contribution in [1.29, 1.82) is 0 Å². The number of benzene rings is 1. The lowest BCUT2D eigenvalue weighted by atomic mass is 9.86. The van der Waals surface area contributed by atoms with Gasteiger partial charge in [-0.3, -0.25) is 4.79 Å². The summed E-state index contributed by atoms with van der Waals surface area (Å²) in [6, 6.07) is 5.47. The highest BCUT2D eigenvalue weighted by atomic mass is 16.7. The molecule has 2 aromatic heterocycles. The highest BCUT2D eigenvalue weighted by molar-refractivity contribution is 5.91. The summed E-state index contributed by atoms with van der Waals surface area (Å²) in [4.78, 5) is 30.4. The largest absolute Gasteiger partial charge is 0.458 e. The van der Waals surface area contributed by atoms with Crippen LogP contribution in [0.5, 0.6) is 11.5 Å². The van der Waals surface area contributed by atoms with Gasteiger partial charge in [0.2, 0.25) is 6.79 Å². The van der Waals surface area contributed by atoms with Crippen LogP contribution in [0, 0.1) is 6.92 Å². The van der Waals surface area contributed by atoms with Crippen molar-refractivity contribution in [3.05, 3.63) is 50.8 Å². The second-order valence-corrected chi connectivity index (χ2v) is 7.89. The molecule has 30 heavy (non-hydrogen) atoms. The Balaban J connectivity index is 1.64. The zero-order valence-electron chi connectivity index (χ0n) is 16.4. The summed E-state index contributed by atoms with van der Waals surface area (Å²) in [5.74, 6) is 0.591. The van der Waals surface area contributed by atoms with E-state index in [1.807, 2.05) is 19.1 Å². The molecule has 152 valence electrons. The van der Waals surface area contributed by atoms with Gasteiger partial charge in [0.1, 0.15) is 6.61 Å². The number of aryl methyl sites for hydroxylation is 1. The second kappa shape index (κ2) is 5.60. The van der Waals surface area contributed by atoms with E-state index in [-0.39, 0.29) is 25.4 Å². The average molecular weight is 406 g/mol. The van der Waals surface area contributed by atoms with Crippen LogP contribution in [-0.4, -0.2) is 27.4 Å². The van der Waals surface area contributed by atoms with Gasteiger partial charge < -0.3 is 23.9 Å². The van der Waals surface area contributed by atoms with E-state index < -0.39 is 11.6 Å². The van der Waals surface area contributed by atoms with Gasteiger partial charge in [0.05, 0.1) is 29.0 Å². The van der Waals surface area contributed by atoms with Crippen LogP contribution >= 0.6 is 0 Å². The lowest BCUT2D eigenvalue weighted by Crippen LogP contribution is -2.44. The van der Waals surface area contributed by atoms with Crippen molar-refractivity contribution >= 4 is 16.9 Å². The number of hydrogen-bond acceptors (Lipinski definition) is 7. The first-order valence-electron chi connectivity index (χ1n) is 9.82. The van der Waals surface area contributed by atoms with Crippen molar-refractivity contribution in [3.8, 4) is 22.9 Å². The van der Waals surface area contributed by atoms with E-state index in [0.29, 0.717) is 40.6 Å². The first-order valence-corrected chi connectivity index (χ1v) is 9.82. The van der Waals surface area contributed by atoms with Crippen molar-refractivity contribution in [2.75, 3.05) is 6.79 Å². The maximum absolute atomic E-state index is 13.2. The lowest BCUT2D eigenvalue weighted by molar-refractivity contribution is -0.172. The van der Waals surface area contributed by atoms with Crippen LogP contribution in [0.25, 0.3) is 22.3 Å². The van der Waals surface area contributed by atoms with Gasteiger partial charge in [-0.1, -0.05) is 6.92 Å². The SMILES string of the molecule is CCC1(O)C(=O)OCc2c1cc1n(c2=O)Cc2c-1nc1cc3c(cc1c2C)OCO3. The Bertz CT molecular complexity index is 1360. The van der Waals surface area contributed by atoms with E-state index in [4.69, 9.17) is 19.2 Å². The highest BCUT2D eigenvalue weighted by Gasteiger charge is 2.45. The van der Waals surface area contributed by atoms with Crippen LogP contribution in [0.1, 0.15) is 35.6 Å². The van der Waals surface area contributed by atoms with Crippen molar-refractivity contribution in [1.82, 2.24) is 9.55 Å². The molecule has 0 radical (unpaired) electrons. The summed E-state index contributed by atoms with van der Waals surface area (Å²) in [7, 11) is 0. The van der Waals surface area contributed by atoms with Crippen LogP contribution in [0.3, 0.4) is 0 Å². The van der Waals surface area contributed by atoms with E-state index in [1.165, 1.54) is 0 Å². The summed E-state index contributed by atoms with van der Waals surface area (Å²) in [5.41, 5.74) is 2.49. The van der Waals surface area contributed by atoms with Gasteiger partial charge in [-0.2, -0.15) is 0 Å². The summed E-state index contributed by atoms with van der Waals surface area (Å²) in [6.45, 7) is 4.10. The fraction of sp³-hybridized carbons (Fsp3) is 0.318. The number of carbonyl (C=O) groups is 1. The van der Waals surface area contributed by atoms with E-state index in [1.54, 1.807) is 17.6 Å². The third kappa shape index (κ3) is 2.01. The summed E-state index contributed by atoms with van der Waals surface area (Å²) >= 11 is 0. The predicted molar refractivity (Wildman–Crippen MR) is 105 cm³/mol. The zero-order chi connectivity index (χ0) is 20.8. The Kier molecular flexibility index (Phi) is 3.26. The van der Waals surface area contributed by atoms with Crippen LogP contribution in [-0.2, 0) is 28.3 Å². The normalized spacial score (nSPS) is 20.7. The molecule has 5 heterocycles. The Hall–Kier alpha value is -3.39. The first-order chi connectivity index (χ1) is 14.4. The molecule has 1 aromatic carbocycles. The maximum Gasteiger partial charge on any atom is 0.343 e. The van der Waals surface area contributed by atoms with E-state index in [0.717, 1.165) is 22.0 Å². The number of cyclic esters (lactones) is 1. The molecule has 3 aliphatic heterocycles. The molecule has 3 aliphatic rings. The minimum absolute atomic E-state index is 0.113. The predicted octanol–water partition coefficient (Wildman–Crippen LogP) is 2.12. The number of pyridine rings is 2. The summed E-state index contributed by atoms with van der Waals surface area (Å²) < 4.78 is 17.7. The number of rotatable bonds is 1. The molecule has 8 nitrogen and oxygen atoms in total. The number of nitrogens with zero attached hydrogens (tertiary/aromatic N) is 2. The Labute approximate surface area is 170 Å². The number of fused-ring (bicyclic) bond motifs is 6. The van der Waals surface area contributed by atoms with Crippen molar-refractivity contribution in [2.24, 2.45) is 0 Å². The molecule has 0 bridgehead atoms. The number of hydrogen-bond donors (Lipinski definition) is 1.